The molecule has 0 fully saturated rings. The first kappa shape index (κ1) is 19.5. The van der Waals surface area contributed by atoms with Crippen molar-refractivity contribution in [3.05, 3.63) is 35.9 Å². The summed E-state index contributed by atoms with van der Waals surface area (Å²) in [7, 11) is 0. The second-order valence-corrected chi connectivity index (χ2v) is 5.26. The van der Waals surface area contributed by atoms with Gasteiger partial charge in [0.05, 0.1) is 0 Å². The zero-order valence-corrected chi connectivity index (χ0v) is 13.2. The van der Waals surface area contributed by atoms with Gasteiger partial charge in [0.25, 0.3) is 0 Å². The molecule has 1 atom stereocenters. The van der Waals surface area contributed by atoms with E-state index in [4.69, 9.17) is 5.11 Å². The van der Waals surface area contributed by atoms with Crippen molar-refractivity contribution >= 4 is 17.8 Å². The maximum atomic E-state index is 12.3. The van der Waals surface area contributed by atoms with Gasteiger partial charge in [0, 0.05) is 32.9 Å². The van der Waals surface area contributed by atoms with Gasteiger partial charge in [-0.2, -0.15) is 0 Å². The highest BCUT2D eigenvalue weighted by molar-refractivity contribution is 5.84. The summed E-state index contributed by atoms with van der Waals surface area (Å²) in [6.07, 6.45) is -3.96. The Morgan fingerprint density at radius 3 is 2.33 bits per heavy atom. The fraction of sp³-hybridized carbons (Fsp3) is 0.438. The molecule has 6 nitrogen and oxygen atoms in total. The van der Waals surface area contributed by atoms with Gasteiger partial charge in [-0.3, -0.25) is 9.59 Å². The molecule has 24 heavy (non-hydrogen) atoms. The van der Waals surface area contributed by atoms with Crippen molar-refractivity contribution in [2.24, 2.45) is 0 Å². The lowest BCUT2D eigenvalue weighted by atomic mass is 10.2. The molecule has 1 aromatic rings. The first-order chi connectivity index (χ1) is 11.3. The van der Waals surface area contributed by atoms with E-state index in [1.165, 1.54) is 11.8 Å². The Kier molecular flexibility index (Phi) is 7.81. The maximum Gasteiger partial charge on any atom is 0.326 e. The average Bonchev–Trinajstić information content (AvgIpc) is 2.51. The molecule has 1 rings (SSSR count). The molecule has 0 aliphatic heterocycles. The van der Waals surface area contributed by atoms with E-state index < -0.39 is 30.8 Å². The first-order valence-electron chi connectivity index (χ1n) is 7.39. The van der Waals surface area contributed by atoms with E-state index in [1.54, 1.807) is 0 Å². The van der Waals surface area contributed by atoms with Gasteiger partial charge in [0.2, 0.25) is 18.2 Å². The molecule has 2 amide bonds. The van der Waals surface area contributed by atoms with Crippen molar-refractivity contribution < 1.29 is 28.3 Å². The minimum atomic E-state index is -2.84. The highest BCUT2D eigenvalue weighted by Gasteiger charge is 2.24. The SMILES string of the molecule is CC(=O)N(CCC(=O)NC(CC(F)F)C(=O)O)Cc1ccccc1. The standard InChI is InChI=1S/C16H20F2N2O4/c1-11(21)20(10-12-5-3-2-4-6-12)8-7-15(22)19-13(16(23)24)9-14(17)18/h2-6,13-14H,7-10H2,1H3,(H,19,22)(H,23,24). The highest BCUT2D eigenvalue weighted by Crippen LogP contribution is 2.07. The number of nitrogens with one attached hydrogen (secondary N) is 1. The first-order valence-corrected chi connectivity index (χ1v) is 7.39. The van der Waals surface area contributed by atoms with Gasteiger partial charge in [-0.25, -0.2) is 13.6 Å². The number of nitrogens with zero attached hydrogens (tertiary/aromatic N) is 1. The van der Waals surface area contributed by atoms with Crippen molar-refractivity contribution in [1.82, 2.24) is 10.2 Å². The average molecular weight is 342 g/mol. The highest BCUT2D eigenvalue weighted by atomic mass is 19.3. The van der Waals surface area contributed by atoms with E-state index in [0.717, 1.165) is 5.56 Å². The lowest BCUT2D eigenvalue weighted by Crippen LogP contribution is -2.43. The number of alkyl halides is 2. The number of rotatable bonds is 9. The Hall–Kier alpha value is -2.51. The molecular weight excluding hydrogens is 322 g/mol. The van der Waals surface area contributed by atoms with Crippen LogP contribution in [-0.2, 0) is 20.9 Å². The number of amides is 2. The molecule has 0 saturated carbocycles. The number of carbonyl (C=O) groups excluding carboxylic acids is 2. The smallest absolute Gasteiger partial charge is 0.326 e. The number of aliphatic carboxylic acids is 1. The Balaban J connectivity index is 2.55. The number of carboxylic acid groups (broad SMARTS) is 1. The van der Waals surface area contributed by atoms with Crippen molar-refractivity contribution in [3.8, 4) is 0 Å². The molecule has 0 bridgehead atoms. The van der Waals surface area contributed by atoms with E-state index in [2.05, 4.69) is 0 Å². The number of carbonyl (C=O) groups is 3. The Bertz CT molecular complexity index is 566. The van der Waals surface area contributed by atoms with Gasteiger partial charge in [-0.1, -0.05) is 30.3 Å². The molecule has 0 saturated heterocycles. The minimum absolute atomic E-state index is 0.0665. The largest absolute Gasteiger partial charge is 0.480 e. The second-order valence-electron chi connectivity index (χ2n) is 5.26. The topological polar surface area (TPSA) is 86.7 Å². The van der Waals surface area contributed by atoms with Crippen LogP contribution in [0, 0.1) is 0 Å². The van der Waals surface area contributed by atoms with Crippen molar-refractivity contribution in [1.29, 1.82) is 0 Å². The van der Waals surface area contributed by atoms with Gasteiger partial charge in [-0.05, 0) is 5.56 Å². The molecule has 2 N–H and O–H groups in total. The van der Waals surface area contributed by atoms with E-state index >= 15 is 0 Å². The predicted molar refractivity (Wildman–Crippen MR) is 82.3 cm³/mol. The summed E-state index contributed by atoms with van der Waals surface area (Å²) in [5.74, 6) is -2.45. The van der Waals surface area contributed by atoms with E-state index in [-0.39, 0.29) is 18.9 Å². The molecule has 0 aliphatic rings. The molecule has 1 unspecified atom stereocenters. The summed E-state index contributed by atoms with van der Waals surface area (Å²) in [4.78, 5) is 35.7. The number of carboxylic acids is 1. The Morgan fingerprint density at radius 2 is 1.83 bits per heavy atom. The Morgan fingerprint density at radius 1 is 1.21 bits per heavy atom. The summed E-state index contributed by atoms with van der Waals surface area (Å²) in [6.45, 7) is 1.73. The molecule has 8 heteroatoms. The summed E-state index contributed by atoms with van der Waals surface area (Å²) in [6, 6.07) is 7.50. The quantitative estimate of drug-likeness (QED) is 0.714. The lowest BCUT2D eigenvalue weighted by molar-refractivity contribution is -0.143. The van der Waals surface area contributed by atoms with Gasteiger partial charge >= 0.3 is 5.97 Å². The van der Waals surface area contributed by atoms with Crippen molar-refractivity contribution in [3.63, 3.8) is 0 Å². The second kappa shape index (κ2) is 9.59. The van der Waals surface area contributed by atoms with Crippen LogP contribution in [0.2, 0.25) is 0 Å². The van der Waals surface area contributed by atoms with E-state index in [0.29, 0.717) is 6.54 Å². The van der Waals surface area contributed by atoms with Gasteiger partial charge in [0.15, 0.2) is 0 Å². The molecule has 0 aliphatic carbocycles. The van der Waals surface area contributed by atoms with Crippen LogP contribution in [-0.4, -0.2) is 46.8 Å². The number of hydrogen-bond donors (Lipinski definition) is 2. The Labute approximate surface area is 138 Å². The van der Waals surface area contributed by atoms with Crippen LogP contribution in [0.5, 0.6) is 0 Å². The zero-order chi connectivity index (χ0) is 18.1. The normalized spacial score (nSPS) is 11.8. The lowest BCUT2D eigenvalue weighted by Gasteiger charge is -2.21. The number of benzene rings is 1. The van der Waals surface area contributed by atoms with Crippen molar-refractivity contribution in [2.75, 3.05) is 6.54 Å². The van der Waals surface area contributed by atoms with Crippen LogP contribution in [0.1, 0.15) is 25.3 Å². The fourth-order valence-corrected chi connectivity index (χ4v) is 2.05. The van der Waals surface area contributed by atoms with Crippen LogP contribution < -0.4 is 5.32 Å². The minimum Gasteiger partial charge on any atom is -0.480 e. The predicted octanol–water partition coefficient (Wildman–Crippen LogP) is 1.65. The summed E-state index contributed by atoms with van der Waals surface area (Å²) >= 11 is 0. The summed E-state index contributed by atoms with van der Waals surface area (Å²) in [5.41, 5.74) is 0.884. The van der Waals surface area contributed by atoms with Gasteiger partial charge in [-0.15, -0.1) is 0 Å². The van der Waals surface area contributed by atoms with Crippen LogP contribution in [0.15, 0.2) is 30.3 Å². The van der Waals surface area contributed by atoms with Crippen LogP contribution in [0.4, 0.5) is 8.78 Å². The number of halogens is 2. The molecule has 132 valence electrons. The fourth-order valence-electron chi connectivity index (χ4n) is 2.05. The van der Waals surface area contributed by atoms with Crippen LogP contribution in [0.25, 0.3) is 0 Å². The molecule has 0 aromatic heterocycles. The van der Waals surface area contributed by atoms with E-state index in [1.807, 2.05) is 35.6 Å². The zero-order valence-electron chi connectivity index (χ0n) is 13.2. The van der Waals surface area contributed by atoms with Crippen LogP contribution in [0.3, 0.4) is 0 Å². The molecule has 1 aromatic carbocycles. The molecular formula is C16H20F2N2O4. The summed E-state index contributed by atoms with van der Waals surface area (Å²) in [5, 5.41) is 10.9. The van der Waals surface area contributed by atoms with Crippen molar-refractivity contribution in [2.45, 2.75) is 38.8 Å². The van der Waals surface area contributed by atoms with E-state index in [9.17, 15) is 23.2 Å². The van der Waals surface area contributed by atoms with Crippen LogP contribution >= 0.6 is 0 Å². The third-order valence-corrected chi connectivity index (χ3v) is 3.32. The monoisotopic (exact) mass is 342 g/mol. The third kappa shape index (κ3) is 7.17. The van der Waals surface area contributed by atoms with Gasteiger partial charge in [0.1, 0.15) is 6.04 Å². The third-order valence-electron chi connectivity index (χ3n) is 3.32. The molecule has 0 heterocycles. The number of hydrogen-bond acceptors (Lipinski definition) is 3. The molecule has 0 spiro atoms. The summed E-state index contributed by atoms with van der Waals surface area (Å²) < 4.78 is 24.6. The maximum absolute atomic E-state index is 12.3. The van der Waals surface area contributed by atoms with Gasteiger partial charge < -0.3 is 15.3 Å². The molecule has 0 radical (unpaired) electrons.